The van der Waals surface area contributed by atoms with Crippen molar-refractivity contribution in [2.45, 2.75) is 25.4 Å². The van der Waals surface area contributed by atoms with Crippen molar-refractivity contribution in [1.82, 2.24) is 4.90 Å². The summed E-state index contributed by atoms with van der Waals surface area (Å²) in [5.74, 6) is -0.225. The Balaban J connectivity index is 2.05. The van der Waals surface area contributed by atoms with E-state index >= 15 is 0 Å². The zero-order chi connectivity index (χ0) is 11.5. The first-order valence-corrected chi connectivity index (χ1v) is 6.29. The van der Waals surface area contributed by atoms with Gasteiger partial charge in [-0.3, -0.25) is 4.90 Å². The molecule has 1 aliphatic heterocycles. The number of hydrogen-bond acceptors (Lipinski definition) is 2. The summed E-state index contributed by atoms with van der Waals surface area (Å²) in [5.41, 5.74) is 0.959. The van der Waals surface area contributed by atoms with Gasteiger partial charge in [-0.05, 0) is 53.0 Å². The molecule has 1 fully saturated rings. The Labute approximate surface area is 103 Å². The first kappa shape index (κ1) is 12.0. The minimum Gasteiger partial charge on any atom is -0.395 e. The molecular weight excluding hydrogens is 273 g/mol. The Morgan fingerprint density at radius 2 is 2.31 bits per heavy atom. The summed E-state index contributed by atoms with van der Waals surface area (Å²) in [7, 11) is 0. The van der Waals surface area contributed by atoms with Gasteiger partial charge >= 0.3 is 0 Å². The van der Waals surface area contributed by atoms with Crippen LogP contribution >= 0.6 is 15.9 Å². The highest BCUT2D eigenvalue weighted by Gasteiger charge is 2.23. The molecule has 2 nitrogen and oxygen atoms in total. The lowest BCUT2D eigenvalue weighted by Crippen LogP contribution is -2.31. The molecule has 1 saturated heterocycles. The normalized spacial score (nSPS) is 21.6. The lowest BCUT2D eigenvalue weighted by molar-refractivity contribution is 0.153. The Morgan fingerprint density at radius 1 is 1.50 bits per heavy atom. The van der Waals surface area contributed by atoms with E-state index in [1.165, 1.54) is 0 Å². The average molecular weight is 288 g/mol. The van der Waals surface area contributed by atoms with Gasteiger partial charge < -0.3 is 5.11 Å². The van der Waals surface area contributed by atoms with Gasteiger partial charge in [-0.1, -0.05) is 6.07 Å². The molecule has 1 aliphatic rings. The highest BCUT2D eigenvalue weighted by molar-refractivity contribution is 9.10. The summed E-state index contributed by atoms with van der Waals surface area (Å²) < 4.78 is 13.8. The van der Waals surface area contributed by atoms with E-state index < -0.39 is 0 Å². The van der Waals surface area contributed by atoms with Gasteiger partial charge in [0.2, 0.25) is 0 Å². The number of likely N-dealkylation sites (tertiary alicyclic amines) is 1. The van der Waals surface area contributed by atoms with Crippen molar-refractivity contribution >= 4 is 15.9 Å². The predicted octanol–water partition coefficient (Wildman–Crippen LogP) is 2.54. The van der Waals surface area contributed by atoms with E-state index in [9.17, 15) is 9.50 Å². The summed E-state index contributed by atoms with van der Waals surface area (Å²) in [6.07, 6.45) is 2.15. The van der Waals surface area contributed by atoms with E-state index in [-0.39, 0.29) is 18.5 Å². The fourth-order valence-electron chi connectivity index (χ4n) is 2.18. The lowest BCUT2D eigenvalue weighted by Gasteiger charge is -2.22. The minimum absolute atomic E-state index is 0.193. The number of rotatable bonds is 3. The highest BCUT2D eigenvalue weighted by atomic mass is 79.9. The van der Waals surface area contributed by atoms with Crippen LogP contribution in [-0.4, -0.2) is 29.2 Å². The number of aliphatic hydroxyl groups excluding tert-OH is 1. The lowest BCUT2D eigenvalue weighted by atomic mass is 10.2. The second-order valence-corrected chi connectivity index (χ2v) is 5.05. The molecule has 16 heavy (non-hydrogen) atoms. The molecule has 0 amide bonds. The van der Waals surface area contributed by atoms with Crippen molar-refractivity contribution in [1.29, 1.82) is 0 Å². The van der Waals surface area contributed by atoms with Crippen LogP contribution in [-0.2, 0) is 6.54 Å². The first-order valence-electron chi connectivity index (χ1n) is 5.49. The molecule has 1 N–H and O–H groups in total. The average Bonchev–Trinajstić information content (AvgIpc) is 2.71. The predicted molar refractivity (Wildman–Crippen MR) is 64.6 cm³/mol. The standard InChI is InChI=1S/C12H15BrFNO/c13-11-4-3-9(6-12(11)14)7-15-5-1-2-10(15)8-16/h3-4,6,10,16H,1-2,5,7-8H2/t10-/m1/s1. The third kappa shape index (κ3) is 2.62. The monoisotopic (exact) mass is 287 g/mol. The molecule has 0 aromatic heterocycles. The van der Waals surface area contributed by atoms with Gasteiger partial charge in [-0.15, -0.1) is 0 Å². The van der Waals surface area contributed by atoms with Crippen molar-refractivity contribution in [3.8, 4) is 0 Å². The maximum Gasteiger partial charge on any atom is 0.137 e. The highest BCUT2D eigenvalue weighted by Crippen LogP contribution is 2.22. The Hall–Kier alpha value is -0.450. The fraction of sp³-hybridized carbons (Fsp3) is 0.500. The molecule has 0 unspecified atom stereocenters. The van der Waals surface area contributed by atoms with Crippen molar-refractivity contribution in [2.75, 3.05) is 13.2 Å². The summed E-state index contributed by atoms with van der Waals surface area (Å²) >= 11 is 3.14. The summed E-state index contributed by atoms with van der Waals surface area (Å²) in [5, 5.41) is 9.19. The van der Waals surface area contributed by atoms with Gasteiger partial charge in [0.1, 0.15) is 5.82 Å². The van der Waals surface area contributed by atoms with Crippen LogP contribution in [0.4, 0.5) is 4.39 Å². The maximum absolute atomic E-state index is 13.3. The Morgan fingerprint density at radius 3 is 3.00 bits per heavy atom. The molecule has 1 aromatic carbocycles. The smallest absolute Gasteiger partial charge is 0.137 e. The van der Waals surface area contributed by atoms with Gasteiger partial charge in [-0.25, -0.2) is 4.39 Å². The maximum atomic E-state index is 13.3. The number of halogens is 2. The fourth-order valence-corrected chi connectivity index (χ4v) is 2.43. The third-order valence-corrected chi connectivity index (χ3v) is 3.72. The molecule has 2 rings (SSSR count). The topological polar surface area (TPSA) is 23.5 Å². The zero-order valence-electron chi connectivity index (χ0n) is 9.00. The van der Waals surface area contributed by atoms with Gasteiger partial charge in [0.05, 0.1) is 11.1 Å². The molecule has 4 heteroatoms. The van der Waals surface area contributed by atoms with Crippen molar-refractivity contribution in [3.05, 3.63) is 34.1 Å². The molecule has 0 spiro atoms. The van der Waals surface area contributed by atoms with Gasteiger partial charge in [0.15, 0.2) is 0 Å². The van der Waals surface area contributed by atoms with E-state index in [2.05, 4.69) is 20.8 Å². The molecule has 1 aromatic rings. The van der Waals surface area contributed by atoms with Crippen LogP contribution in [0, 0.1) is 5.82 Å². The van der Waals surface area contributed by atoms with Crippen LogP contribution < -0.4 is 0 Å². The van der Waals surface area contributed by atoms with Gasteiger partial charge in [0.25, 0.3) is 0 Å². The van der Waals surface area contributed by atoms with Crippen LogP contribution in [0.15, 0.2) is 22.7 Å². The van der Waals surface area contributed by atoms with Crippen molar-refractivity contribution in [3.63, 3.8) is 0 Å². The molecule has 0 radical (unpaired) electrons. The molecule has 1 atom stereocenters. The summed E-state index contributed by atoms with van der Waals surface area (Å²) in [6.45, 7) is 1.90. The van der Waals surface area contributed by atoms with Crippen LogP contribution in [0.1, 0.15) is 18.4 Å². The second kappa shape index (κ2) is 5.25. The molecule has 88 valence electrons. The number of nitrogens with zero attached hydrogens (tertiary/aromatic N) is 1. The number of hydrogen-bond donors (Lipinski definition) is 1. The van der Waals surface area contributed by atoms with Crippen molar-refractivity contribution < 1.29 is 9.50 Å². The Bertz CT molecular complexity index is 372. The van der Waals surface area contributed by atoms with E-state index in [0.717, 1.165) is 31.5 Å². The zero-order valence-corrected chi connectivity index (χ0v) is 10.6. The molecule has 1 heterocycles. The molecule has 0 aliphatic carbocycles. The van der Waals surface area contributed by atoms with Gasteiger partial charge in [-0.2, -0.15) is 0 Å². The number of benzene rings is 1. The van der Waals surface area contributed by atoms with Crippen LogP contribution in [0.3, 0.4) is 0 Å². The quantitative estimate of drug-likeness (QED) is 0.924. The van der Waals surface area contributed by atoms with Gasteiger partial charge in [0, 0.05) is 12.6 Å². The minimum atomic E-state index is -0.225. The van der Waals surface area contributed by atoms with E-state index in [1.54, 1.807) is 12.1 Å². The summed E-state index contributed by atoms with van der Waals surface area (Å²) in [4.78, 5) is 2.21. The molecule has 0 bridgehead atoms. The third-order valence-electron chi connectivity index (χ3n) is 3.08. The van der Waals surface area contributed by atoms with E-state index in [1.807, 2.05) is 6.07 Å². The van der Waals surface area contributed by atoms with E-state index in [4.69, 9.17) is 0 Å². The van der Waals surface area contributed by atoms with Crippen LogP contribution in [0.5, 0.6) is 0 Å². The molecular formula is C12H15BrFNO. The Kier molecular flexibility index (Phi) is 3.95. The SMILES string of the molecule is OC[C@H]1CCCN1Cc1ccc(Br)c(F)c1. The van der Waals surface area contributed by atoms with Crippen LogP contribution in [0.2, 0.25) is 0 Å². The first-order chi connectivity index (χ1) is 7.70. The second-order valence-electron chi connectivity index (χ2n) is 4.20. The largest absolute Gasteiger partial charge is 0.395 e. The van der Waals surface area contributed by atoms with Crippen LogP contribution in [0.25, 0.3) is 0 Å². The van der Waals surface area contributed by atoms with E-state index in [0.29, 0.717) is 4.47 Å². The molecule has 0 saturated carbocycles. The van der Waals surface area contributed by atoms with Crippen molar-refractivity contribution in [2.24, 2.45) is 0 Å². The summed E-state index contributed by atoms with van der Waals surface area (Å²) in [6, 6.07) is 5.44. The number of aliphatic hydroxyl groups is 1.